The van der Waals surface area contributed by atoms with Gasteiger partial charge in [-0.2, -0.15) is 5.10 Å². The number of rotatable bonds is 5. The Kier molecular flexibility index (Phi) is 5.24. The highest BCUT2D eigenvalue weighted by molar-refractivity contribution is 7.22. The molecule has 0 aliphatic carbocycles. The first-order chi connectivity index (χ1) is 12.5. The molecule has 3 aromatic rings. The zero-order valence-corrected chi connectivity index (χ0v) is 15.5. The molecule has 0 unspecified atom stereocenters. The molecule has 0 radical (unpaired) electrons. The fourth-order valence-electron chi connectivity index (χ4n) is 2.33. The average Bonchev–Trinajstić information content (AvgIpc) is 3.00. The molecule has 3 rings (SSSR count). The lowest BCUT2D eigenvalue weighted by Gasteiger charge is -2.09. The van der Waals surface area contributed by atoms with Gasteiger partial charge in [0, 0.05) is 5.56 Å². The molecule has 2 aromatic carbocycles. The predicted molar refractivity (Wildman–Crippen MR) is 104 cm³/mol. The van der Waals surface area contributed by atoms with E-state index in [1.807, 2.05) is 0 Å². The molecule has 1 heterocycles. The largest absolute Gasteiger partial charge is 0.493 e. The number of hydrogen-bond donors (Lipinski definition) is 2. The number of carbonyl (C=O) groups is 1. The van der Waals surface area contributed by atoms with Crippen LogP contribution in [0.4, 0.5) is 5.13 Å². The molecule has 0 aliphatic heterocycles. The van der Waals surface area contributed by atoms with Gasteiger partial charge in [-0.3, -0.25) is 4.79 Å². The fourth-order valence-corrected chi connectivity index (χ4v) is 3.40. The van der Waals surface area contributed by atoms with Crippen LogP contribution in [0.2, 0.25) is 5.02 Å². The molecule has 134 valence electrons. The van der Waals surface area contributed by atoms with E-state index in [0.29, 0.717) is 32.8 Å². The second-order valence-corrected chi connectivity index (χ2v) is 6.64. The Labute approximate surface area is 158 Å². The van der Waals surface area contributed by atoms with Crippen molar-refractivity contribution >= 4 is 50.4 Å². The molecular weight excluding hydrogens is 376 g/mol. The summed E-state index contributed by atoms with van der Waals surface area (Å²) in [4.78, 5) is 16.4. The maximum absolute atomic E-state index is 12.2. The van der Waals surface area contributed by atoms with Crippen LogP contribution in [0.25, 0.3) is 10.2 Å². The van der Waals surface area contributed by atoms with E-state index in [-0.39, 0.29) is 5.91 Å². The van der Waals surface area contributed by atoms with Crippen LogP contribution < -0.4 is 20.6 Å². The highest BCUT2D eigenvalue weighted by Crippen LogP contribution is 2.35. The number of nitrogens with zero attached hydrogens (tertiary/aromatic N) is 2. The molecule has 0 bridgehead atoms. The summed E-state index contributed by atoms with van der Waals surface area (Å²) in [6.45, 7) is 0. The SMILES string of the molecule is COc1cc(/C=N\NC(=O)c2ccc3nc(N)sc3c2)cc(Cl)c1OC. The van der Waals surface area contributed by atoms with Crippen LogP contribution in [-0.2, 0) is 0 Å². The van der Waals surface area contributed by atoms with Crippen molar-refractivity contribution in [2.75, 3.05) is 20.0 Å². The Balaban J connectivity index is 1.74. The number of aromatic nitrogens is 1. The van der Waals surface area contributed by atoms with Crippen molar-refractivity contribution in [2.45, 2.75) is 0 Å². The van der Waals surface area contributed by atoms with E-state index >= 15 is 0 Å². The number of hydrazone groups is 1. The average molecular weight is 391 g/mol. The molecule has 0 fully saturated rings. The van der Waals surface area contributed by atoms with Gasteiger partial charge in [-0.25, -0.2) is 10.4 Å². The van der Waals surface area contributed by atoms with Crippen molar-refractivity contribution in [3.63, 3.8) is 0 Å². The van der Waals surface area contributed by atoms with Gasteiger partial charge in [0.2, 0.25) is 0 Å². The molecule has 0 saturated heterocycles. The van der Waals surface area contributed by atoms with Crippen molar-refractivity contribution in [3.8, 4) is 11.5 Å². The number of fused-ring (bicyclic) bond motifs is 1. The predicted octanol–water partition coefficient (Wildman–Crippen LogP) is 3.31. The van der Waals surface area contributed by atoms with Crippen molar-refractivity contribution in [1.29, 1.82) is 0 Å². The number of thiazole rings is 1. The van der Waals surface area contributed by atoms with Crippen LogP contribution in [0.15, 0.2) is 35.4 Å². The third kappa shape index (κ3) is 3.71. The Morgan fingerprint density at radius 2 is 2.12 bits per heavy atom. The topological polar surface area (TPSA) is 98.8 Å². The minimum absolute atomic E-state index is 0.346. The third-order valence-corrected chi connectivity index (χ3v) is 4.63. The summed E-state index contributed by atoms with van der Waals surface area (Å²) in [5.41, 5.74) is 10.0. The van der Waals surface area contributed by atoms with Crippen molar-refractivity contribution in [2.24, 2.45) is 5.10 Å². The highest BCUT2D eigenvalue weighted by atomic mass is 35.5. The first-order valence-corrected chi connectivity index (χ1v) is 8.62. The van der Waals surface area contributed by atoms with E-state index in [0.717, 1.165) is 10.2 Å². The van der Waals surface area contributed by atoms with Crippen molar-refractivity contribution in [3.05, 3.63) is 46.5 Å². The summed E-state index contributed by atoms with van der Waals surface area (Å²) in [7, 11) is 3.02. The Morgan fingerprint density at radius 3 is 2.85 bits per heavy atom. The number of halogens is 1. The zero-order valence-electron chi connectivity index (χ0n) is 13.9. The van der Waals surface area contributed by atoms with Crippen molar-refractivity contribution in [1.82, 2.24) is 10.4 Å². The van der Waals surface area contributed by atoms with Crippen LogP contribution in [0.3, 0.4) is 0 Å². The maximum Gasteiger partial charge on any atom is 0.271 e. The van der Waals surface area contributed by atoms with Gasteiger partial charge >= 0.3 is 0 Å². The van der Waals surface area contributed by atoms with Crippen LogP contribution >= 0.6 is 22.9 Å². The monoisotopic (exact) mass is 390 g/mol. The highest BCUT2D eigenvalue weighted by Gasteiger charge is 2.11. The van der Waals surface area contributed by atoms with Crippen LogP contribution in [-0.4, -0.2) is 31.3 Å². The smallest absolute Gasteiger partial charge is 0.271 e. The van der Waals surface area contributed by atoms with Gasteiger partial charge in [0.1, 0.15) is 0 Å². The second kappa shape index (κ2) is 7.59. The number of nitrogen functional groups attached to an aromatic ring is 1. The van der Waals surface area contributed by atoms with Gasteiger partial charge in [-0.05, 0) is 35.9 Å². The molecule has 0 spiro atoms. The number of nitrogens with one attached hydrogen (secondary N) is 1. The van der Waals surface area contributed by atoms with Gasteiger partial charge < -0.3 is 15.2 Å². The van der Waals surface area contributed by atoms with E-state index < -0.39 is 0 Å². The zero-order chi connectivity index (χ0) is 18.7. The number of ether oxygens (including phenoxy) is 2. The number of benzene rings is 2. The molecule has 7 nitrogen and oxygen atoms in total. The Bertz CT molecular complexity index is 1000. The summed E-state index contributed by atoms with van der Waals surface area (Å²) in [6.07, 6.45) is 1.47. The lowest BCUT2D eigenvalue weighted by molar-refractivity contribution is 0.0955. The summed E-state index contributed by atoms with van der Waals surface area (Å²) >= 11 is 7.46. The molecule has 3 N–H and O–H groups in total. The minimum Gasteiger partial charge on any atom is -0.493 e. The van der Waals surface area contributed by atoms with Crippen LogP contribution in [0, 0.1) is 0 Å². The number of carbonyl (C=O) groups excluding carboxylic acids is 1. The molecule has 0 atom stereocenters. The molecule has 9 heteroatoms. The quantitative estimate of drug-likeness (QED) is 0.514. The first-order valence-electron chi connectivity index (χ1n) is 7.43. The van der Waals surface area contributed by atoms with E-state index in [1.165, 1.54) is 31.8 Å². The van der Waals surface area contributed by atoms with Gasteiger partial charge in [0.15, 0.2) is 16.6 Å². The number of amides is 1. The van der Waals surface area contributed by atoms with Gasteiger partial charge in [0.25, 0.3) is 5.91 Å². The molecule has 26 heavy (non-hydrogen) atoms. The van der Waals surface area contributed by atoms with Gasteiger partial charge in [-0.1, -0.05) is 22.9 Å². The lowest BCUT2D eigenvalue weighted by Crippen LogP contribution is -2.17. The molecule has 0 saturated carbocycles. The third-order valence-electron chi connectivity index (χ3n) is 3.50. The summed E-state index contributed by atoms with van der Waals surface area (Å²) in [5.74, 6) is 0.565. The van der Waals surface area contributed by atoms with E-state index in [9.17, 15) is 4.79 Å². The first kappa shape index (κ1) is 18.0. The second-order valence-electron chi connectivity index (χ2n) is 5.17. The summed E-state index contributed by atoms with van der Waals surface area (Å²) < 4.78 is 11.2. The lowest BCUT2D eigenvalue weighted by atomic mass is 10.2. The molecule has 0 aliphatic rings. The van der Waals surface area contributed by atoms with Crippen molar-refractivity contribution < 1.29 is 14.3 Å². The summed E-state index contributed by atoms with van der Waals surface area (Å²) in [6, 6.07) is 8.49. The van der Waals surface area contributed by atoms with E-state index in [4.69, 9.17) is 26.8 Å². The molecule has 1 amide bonds. The van der Waals surface area contributed by atoms with Crippen LogP contribution in [0.5, 0.6) is 11.5 Å². The maximum atomic E-state index is 12.2. The number of hydrogen-bond acceptors (Lipinski definition) is 7. The Hall–Kier alpha value is -2.84. The van der Waals surface area contributed by atoms with E-state index in [2.05, 4.69) is 15.5 Å². The van der Waals surface area contributed by atoms with Gasteiger partial charge in [0.05, 0.1) is 35.7 Å². The number of methoxy groups -OCH3 is 2. The van der Waals surface area contributed by atoms with Crippen LogP contribution in [0.1, 0.15) is 15.9 Å². The van der Waals surface area contributed by atoms with Gasteiger partial charge in [-0.15, -0.1) is 0 Å². The molecule has 1 aromatic heterocycles. The number of nitrogens with two attached hydrogens (primary N) is 1. The fraction of sp³-hybridized carbons (Fsp3) is 0.118. The van der Waals surface area contributed by atoms with E-state index in [1.54, 1.807) is 30.3 Å². The molecular formula is C17H15ClN4O3S. The standard InChI is InChI=1S/C17H15ClN4O3S/c1-24-13-6-9(5-11(18)15(13)25-2)8-20-22-16(23)10-3-4-12-14(7-10)26-17(19)21-12/h3-8H,1-2H3,(H2,19,21)(H,22,23)/b20-8-. The summed E-state index contributed by atoms with van der Waals surface area (Å²) in [5, 5.41) is 4.80. The Morgan fingerprint density at radius 1 is 1.31 bits per heavy atom. The number of anilines is 1. The normalized spacial score (nSPS) is 11.0. The minimum atomic E-state index is -0.346.